The lowest BCUT2D eigenvalue weighted by Gasteiger charge is -2.40. The molecule has 0 radical (unpaired) electrons. The lowest BCUT2D eigenvalue weighted by molar-refractivity contribution is -0.145. The van der Waals surface area contributed by atoms with Crippen molar-refractivity contribution in [1.82, 2.24) is 9.80 Å². The van der Waals surface area contributed by atoms with E-state index in [0.29, 0.717) is 25.9 Å². The Morgan fingerprint density at radius 3 is 2.23 bits per heavy atom. The molecular weight excluding hydrogens is 621 g/mol. The summed E-state index contributed by atoms with van der Waals surface area (Å²) in [6.45, 7) is 18.8. The van der Waals surface area contributed by atoms with Crippen molar-refractivity contribution in [2.24, 2.45) is 17.8 Å². The van der Waals surface area contributed by atoms with Gasteiger partial charge in [-0.15, -0.1) is 24.9 Å². The molecule has 0 aliphatic carbocycles. The summed E-state index contributed by atoms with van der Waals surface area (Å²) in [7, 11) is 0. The van der Waals surface area contributed by atoms with Gasteiger partial charge in [-0.2, -0.15) is 0 Å². The predicted molar refractivity (Wildman–Crippen MR) is 196 cm³/mol. The Labute approximate surface area is 290 Å². The summed E-state index contributed by atoms with van der Waals surface area (Å²) in [6, 6.07) is 16.5. The van der Waals surface area contributed by atoms with Gasteiger partial charge in [0, 0.05) is 49.3 Å². The topological polar surface area (TPSA) is 84.4 Å². The highest BCUT2D eigenvalue weighted by Gasteiger charge is 2.74. The van der Waals surface area contributed by atoms with Gasteiger partial charge < -0.3 is 24.7 Å². The number of nitrogens with zero attached hydrogens (tertiary/aromatic N) is 4. The quantitative estimate of drug-likeness (QED) is 0.228. The van der Waals surface area contributed by atoms with Gasteiger partial charge in [0.1, 0.15) is 6.04 Å². The highest BCUT2D eigenvalue weighted by Crippen LogP contribution is 2.67. The van der Waals surface area contributed by atoms with E-state index in [1.807, 2.05) is 54.6 Å². The van der Waals surface area contributed by atoms with Crippen LogP contribution in [-0.4, -0.2) is 87.5 Å². The third kappa shape index (κ3) is 6.56. The molecule has 1 spiro atoms. The fraction of sp³-hybridized carbons (Fsp3) is 0.513. The third-order valence-corrected chi connectivity index (χ3v) is 12.3. The Balaban J connectivity index is 1.55. The van der Waals surface area contributed by atoms with Crippen LogP contribution in [0.3, 0.4) is 0 Å². The van der Waals surface area contributed by atoms with Crippen LogP contribution in [0.2, 0.25) is 0 Å². The molecule has 3 saturated heterocycles. The second-order valence-corrected chi connectivity index (χ2v) is 15.3. The zero-order valence-corrected chi connectivity index (χ0v) is 29.8. The highest BCUT2D eigenvalue weighted by molar-refractivity contribution is 8.02. The minimum absolute atomic E-state index is 0.0640. The van der Waals surface area contributed by atoms with Gasteiger partial charge in [0.25, 0.3) is 5.91 Å². The van der Waals surface area contributed by atoms with Crippen molar-refractivity contribution >= 4 is 40.9 Å². The molecule has 0 aromatic heterocycles. The number of carbonyl (C=O) groups is 3. The standard InChI is InChI=1S/C39H52N4O4S/c1-7-22-41(25-28-14-12-11-13-15-28)36(45)33-32-20-21-39(48-32)34(33)37(46)43(31(26-44)24-27(5)6)35(39)38(47)42(23-8-2)30-18-16-29(17-19-30)40(9-3)10-4/h7-8,11-19,27,31-35,44H,1-2,9-10,20-26H2,3-6H3/t31-,32-,33+,34+,35?,39?/m1/s1. The van der Waals surface area contributed by atoms with E-state index < -0.39 is 28.7 Å². The largest absolute Gasteiger partial charge is 0.394 e. The van der Waals surface area contributed by atoms with Crippen LogP contribution in [0.15, 0.2) is 79.9 Å². The van der Waals surface area contributed by atoms with Gasteiger partial charge in [0.05, 0.1) is 29.2 Å². The van der Waals surface area contributed by atoms with Gasteiger partial charge in [-0.1, -0.05) is 56.3 Å². The van der Waals surface area contributed by atoms with Crippen molar-refractivity contribution in [3.05, 3.63) is 85.5 Å². The summed E-state index contributed by atoms with van der Waals surface area (Å²) < 4.78 is -0.767. The average molecular weight is 673 g/mol. The number of anilines is 2. The Hall–Kier alpha value is -3.56. The van der Waals surface area contributed by atoms with E-state index in [2.05, 4.69) is 45.8 Å². The molecular formula is C39H52N4O4S. The molecule has 3 aliphatic rings. The van der Waals surface area contributed by atoms with Crippen LogP contribution in [0.5, 0.6) is 0 Å². The summed E-state index contributed by atoms with van der Waals surface area (Å²) in [5, 5.41) is 10.7. The van der Waals surface area contributed by atoms with Crippen LogP contribution in [-0.2, 0) is 20.9 Å². The van der Waals surface area contributed by atoms with Crippen LogP contribution < -0.4 is 9.80 Å². The molecule has 3 aliphatic heterocycles. The number of aliphatic hydroxyl groups is 1. The van der Waals surface area contributed by atoms with Crippen molar-refractivity contribution in [3.8, 4) is 0 Å². The summed E-state index contributed by atoms with van der Waals surface area (Å²) >= 11 is 1.66. The first kappa shape index (κ1) is 35.7. The fourth-order valence-corrected chi connectivity index (χ4v) is 10.5. The Morgan fingerprint density at radius 2 is 1.65 bits per heavy atom. The molecule has 2 unspecified atom stereocenters. The second-order valence-electron chi connectivity index (χ2n) is 13.7. The summed E-state index contributed by atoms with van der Waals surface area (Å²) in [5.74, 6) is -1.45. The van der Waals surface area contributed by atoms with Gasteiger partial charge in [0.15, 0.2) is 0 Å². The number of likely N-dealkylation sites (tertiary alicyclic amines) is 1. The molecule has 3 amide bonds. The van der Waals surface area contributed by atoms with Gasteiger partial charge in [0.2, 0.25) is 11.8 Å². The van der Waals surface area contributed by atoms with E-state index in [-0.39, 0.29) is 42.0 Å². The molecule has 2 aromatic rings. The lowest BCUT2D eigenvalue weighted by Crippen LogP contribution is -2.58. The van der Waals surface area contributed by atoms with Crippen LogP contribution in [0.1, 0.15) is 52.5 Å². The molecule has 3 heterocycles. The van der Waals surface area contributed by atoms with E-state index in [0.717, 1.165) is 36.4 Å². The number of hydrogen-bond donors (Lipinski definition) is 1. The first-order valence-electron chi connectivity index (χ1n) is 17.5. The van der Waals surface area contributed by atoms with E-state index in [9.17, 15) is 14.7 Å². The molecule has 2 bridgehead atoms. The maximum absolute atomic E-state index is 15.1. The molecule has 6 atom stereocenters. The summed E-state index contributed by atoms with van der Waals surface area (Å²) in [5.41, 5.74) is 2.82. The molecule has 0 saturated carbocycles. The Morgan fingerprint density at radius 1 is 1.00 bits per heavy atom. The first-order valence-corrected chi connectivity index (χ1v) is 18.3. The van der Waals surface area contributed by atoms with Gasteiger partial charge >= 0.3 is 0 Å². The Kier molecular flexibility index (Phi) is 11.4. The number of carbonyl (C=O) groups excluding carboxylic acids is 3. The zero-order valence-electron chi connectivity index (χ0n) is 29.0. The van der Waals surface area contributed by atoms with E-state index in [1.54, 1.807) is 38.6 Å². The maximum Gasteiger partial charge on any atom is 0.251 e. The lowest BCUT2D eigenvalue weighted by atomic mass is 9.70. The third-order valence-electron chi connectivity index (χ3n) is 10.3. The number of amides is 3. The van der Waals surface area contributed by atoms with Crippen molar-refractivity contribution in [2.75, 3.05) is 42.6 Å². The van der Waals surface area contributed by atoms with Crippen molar-refractivity contribution in [2.45, 2.75) is 75.6 Å². The SMILES string of the molecule is C=CCN(Cc1ccccc1)C(=O)[C@@H]1[C@H]2C(=O)N([C@@H](CO)CC(C)C)C(C(=O)N(CC=C)c3ccc(N(CC)CC)cc3)C23CC[C@H]1S3. The molecule has 9 heteroatoms. The van der Waals surface area contributed by atoms with Crippen molar-refractivity contribution < 1.29 is 19.5 Å². The number of hydrogen-bond acceptors (Lipinski definition) is 6. The number of benzene rings is 2. The molecule has 1 N–H and O–H groups in total. The molecule has 8 nitrogen and oxygen atoms in total. The summed E-state index contributed by atoms with van der Waals surface area (Å²) in [6.07, 6.45) is 5.42. The normalized spacial score (nSPS) is 24.8. The van der Waals surface area contributed by atoms with E-state index in [4.69, 9.17) is 0 Å². The minimum Gasteiger partial charge on any atom is -0.394 e. The molecule has 2 aromatic carbocycles. The number of thioether (sulfide) groups is 1. The minimum atomic E-state index is -0.817. The van der Waals surface area contributed by atoms with Gasteiger partial charge in [-0.25, -0.2) is 0 Å². The number of aliphatic hydroxyl groups excluding tert-OH is 1. The van der Waals surface area contributed by atoms with Crippen molar-refractivity contribution in [3.63, 3.8) is 0 Å². The van der Waals surface area contributed by atoms with Gasteiger partial charge in [-0.05, 0) is 68.9 Å². The van der Waals surface area contributed by atoms with Crippen molar-refractivity contribution in [1.29, 1.82) is 0 Å². The van der Waals surface area contributed by atoms with E-state index in [1.165, 1.54) is 0 Å². The maximum atomic E-state index is 15.1. The van der Waals surface area contributed by atoms with Crippen LogP contribution in [0.25, 0.3) is 0 Å². The smallest absolute Gasteiger partial charge is 0.251 e. The number of fused-ring (bicyclic) bond motifs is 1. The fourth-order valence-electron chi connectivity index (χ4n) is 8.30. The van der Waals surface area contributed by atoms with Crippen LogP contribution in [0.4, 0.5) is 11.4 Å². The first-order chi connectivity index (χ1) is 23.1. The molecule has 3 fully saturated rings. The second kappa shape index (κ2) is 15.3. The monoisotopic (exact) mass is 672 g/mol. The van der Waals surface area contributed by atoms with E-state index >= 15 is 4.79 Å². The summed E-state index contributed by atoms with van der Waals surface area (Å²) in [4.78, 5) is 51.9. The van der Waals surface area contributed by atoms with Gasteiger partial charge in [-0.3, -0.25) is 14.4 Å². The Bertz CT molecular complexity index is 1460. The molecule has 48 heavy (non-hydrogen) atoms. The predicted octanol–water partition coefficient (Wildman–Crippen LogP) is 5.76. The number of rotatable bonds is 16. The zero-order chi connectivity index (χ0) is 34.6. The molecule has 5 rings (SSSR count). The molecule has 258 valence electrons. The van der Waals surface area contributed by atoms with Crippen LogP contribution in [0, 0.1) is 17.8 Å². The van der Waals surface area contributed by atoms with Crippen LogP contribution >= 0.6 is 11.8 Å². The highest BCUT2D eigenvalue weighted by atomic mass is 32.2. The average Bonchev–Trinajstić information content (AvgIpc) is 3.74.